The maximum atomic E-state index is 9.27. The lowest BCUT2D eigenvalue weighted by Crippen LogP contribution is -2.30. The largest absolute Gasteiger partial charge is 0.392 e. The first-order chi connectivity index (χ1) is 7.16. The first-order valence-electron chi connectivity index (χ1n) is 5.36. The van der Waals surface area contributed by atoms with Crippen LogP contribution < -0.4 is 5.32 Å². The molecule has 0 fully saturated rings. The minimum Gasteiger partial charge on any atom is -0.392 e. The predicted molar refractivity (Wildman–Crippen MR) is 72.4 cm³/mol. The summed E-state index contributed by atoms with van der Waals surface area (Å²) >= 11 is 4.31. The average molecular weight is 337 g/mol. The van der Waals surface area contributed by atoms with Crippen molar-refractivity contribution in [3.05, 3.63) is 19.4 Å². The number of fused-ring (bicyclic) bond motifs is 1. The molecule has 15 heavy (non-hydrogen) atoms. The van der Waals surface area contributed by atoms with Crippen molar-refractivity contribution in [2.75, 3.05) is 6.54 Å². The van der Waals surface area contributed by atoms with Crippen molar-refractivity contribution >= 4 is 33.9 Å². The van der Waals surface area contributed by atoms with Gasteiger partial charge in [0.15, 0.2) is 0 Å². The maximum absolute atomic E-state index is 9.27. The summed E-state index contributed by atoms with van der Waals surface area (Å²) < 4.78 is 1.38. The van der Waals surface area contributed by atoms with E-state index in [2.05, 4.69) is 34.0 Å². The summed E-state index contributed by atoms with van der Waals surface area (Å²) in [6.07, 6.45) is 3.44. The molecule has 0 saturated heterocycles. The number of halogens is 1. The SMILES string of the molecule is CC(O)CNC1CCCc2sc(I)cc21. The Bertz CT molecular complexity index is 337. The van der Waals surface area contributed by atoms with E-state index in [0.717, 1.165) is 0 Å². The molecule has 1 aliphatic carbocycles. The second-order valence-electron chi connectivity index (χ2n) is 4.13. The molecule has 2 nitrogen and oxygen atoms in total. The Morgan fingerprint density at radius 2 is 2.53 bits per heavy atom. The Balaban J connectivity index is 2.08. The predicted octanol–water partition coefficient (Wildman–Crippen LogP) is 2.70. The molecule has 2 unspecified atom stereocenters. The van der Waals surface area contributed by atoms with Gasteiger partial charge in [-0.2, -0.15) is 0 Å². The molecule has 1 aliphatic rings. The summed E-state index contributed by atoms with van der Waals surface area (Å²) in [5, 5.41) is 12.7. The molecule has 2 rings (SSSR count). The van der Waals surface area contributed by atoms with E-state index in [1.54, 1.807) is 0 Å². The van der Waals surface area contributed by atoms with E-state index in [9.17, 15) is 5.11 Å². The smallest absolute Gasteiger partial charge is 0.0659 e. The van der Waals surface area contributed by atoms with Gasteiger partial charge in [0.25, 0.3) is 0 Å². The fraction of sp³-hybridized carbons (Fsp3) is 0.636. The fourth-order valence-corrected chi connectivity index (χ4v) is 4.17. The third-order valence-electron chi connectivity index (χ3n) is 2.74. The second kappa shape index (κ2) is 5.12. The number of nitrogens with one attached hydrogen (secondary N) is 1. The fourth-order valence-electron chi connectivity index (χ4n) is 2.05. The summed E-state index contributed by atoms with van der Waals surface area (Å²) in [6.45, 7) is 2.52. The van der Waals surface area contributed by atoms with Gasteiger partial charge in [0.1, 0.15) is 0 Å². The Hall–Kier alpha value is 0.350. The summed E-state index contributed by atoms with van der Waals surface area (Å²) in [6, 6.07) is 2.75. The number of rotatable bonds is 3. The van der Waals surface area contributed by atoms with Crippen molar-refractivity contribution < 1.29 is 5.11 Å². The zero-order valence-electron chi connectivity index (χ0n) is 8.79. The molecule has 0 aliphatic heterocycles. The Labute approximate surface area is 108 Å². The van der Waals surface area contributed by atoms with Gasteiger partial charge < -0.3 is 10.4 Å². The number of hydrogen-bond donors (Lipinski definition) is 2. The molecule has 0 amide bonds. The third-order valence-corrected chi connectivity index (χ3v) is 4.71. The van der Waals surface area contributed by atoms with Crippen molar-refractivity contribution in [3.63, 3.8) is 0 Å². The van der Waals surface area contributed by atoms with Gasteiger partial charge in [-0.3, -0.25) is 0 Å². The second-order valence-corrected chi connectivity index (χ2v) is 7.16. The lowest BCUT2D eigenvalue weighted by molar-refractivity contribution is 0.184. The normalized spacial score (nSPS) is 22.5. The molecule has 1 aromatic rings. The van der Waals surface area contributed by atoms with E-state index in [-0.39, 0.29) is 6.10 Å². The molecule has 84 valence electrons. The van der Waals surface area contributed by atoms with Gasteiger partial charge in [0.05, 0.1) is 8.99 Å². The molecule has 0 bridgehead atoms. The minimum atomic E-state index is -0.256. The van der Waals surface area contributed by atoms with E-state index in [4.69, 9.17) is 0 Å². The van der Waals surface area contributed by atoms with Gasteiger partial charge in [-0.15, -0.1) is 11.3 Å². The van der Waals surface area contributed by atoms with Crippen LogP contribution in [0.3, 0.4) is 0 Å². The molecule has 2 atom stereocenters. The van der Waals surface area contributed by atoms with Crippen molar-refractivity contribution in [2.45, 2.75) is 38.3 Å². The standard InChI is InChI=1S/C11H16INOS/c1-7(14)6-13-9-3-2-4-10-8(9)5-11(12)15-10/h5,7,9,13-14H,2-4,6H2,1H3. The van der Waals surface area contributed by atoms with Gasteiger partial charge in [-0.25, -0.2) is 0 Å². The van der Waals surface area contributed by atoms with Gasteiger partial charge in [-0.05, 0) is 60.4 Å². The van der Waals surface area contributed by atoms with Crippen LogP contribution >= 0.6 is 33.9 Å². The first kappa shape index (κ1) is 11.8. The molecule has 2 N–H and O–H groups in total. The first-order valence-corrected chi connectivity index (χ1v) is 7.26. The Kier molecular flexibility index (Phi) is 4.04. The molecule has 0 saturated carbocycles. The van der Waals surface area contributed by atoms with Crippen LogP contribution in [0.2, 0.25) is 0 Å². The van der Waals surface area contributed by atoms with Crippen LogP contribution in [0.4, 0.5) is 0 Å². The number of aryl methyl sites for hydroxylation is 1. The van der Waals surface area contributed by atoms with Crippen LogP contribution in [-0.4, -0.2) is 17.8 Å². The molecule has 1 aromatic heterocycles. The minimum absolute atomic E-state index is 0.256. The summed E-state index contributed by atoms with van der Waals surface area (Å²) in [5.41, 5.74) is 1.47. The highest BCUT2D eigenvalue weighted by molar-refractivity contribution is 14.1. The van der Waals surface area contributed by atoms with E-state index in [1.165, 1.54) is 32.6 Å². The van der Waals surface area contributed by atoms with Crippen LogP contribution in [0, 0.1) is 2.88 Å². The molecule has 0 aromatic carbocycles. The van der Waals surface area contributed by atoms with E-state index in [1.807, 2.05) is 18.3 Å². The van der Waals surface area contributed by atoms with Gasteiger partial charge in [0.2, 0.25) is 0 Å². The lowest BCUT2D eigenvalue weighted by atomic mass is 9.94. The highest BCUT2D eigenvalue weighted by atomic mass is 127. The van der Waals surface area contributed by atoms with E-state index in [0.29, 0.717) is 12.6 Å². The van der Waals surface area contributed by atoms with Crippen LogP contribution in [0.5, 0.6) is 0 Å². The van der Waals surface area contributed by atoms with Gasteiger partial charge in [0, 0.05) is 17.5 Å². The lowest BCUT2D eigenvalue weighted by Gasteiger charge is -2.24. The highest BCUT2D eigenvalue weighted by Crippen LogP contribution is 2.36. The van der Waals surface area contributed by atoms with Gasteiger partial charge >= 0.3 is 0 Å². The molecular weight excluding hydrogens is 321 g/mol. The Morgan fingerprint density at radius 1 is 1.73 bits per heavy atom. The van der Waals surface area contributed by atoms with Crippen LogP contribution in [0.25, 0.3) is 0 Å². The summed E-state index contributed by atoms with van der Waals surface area (Å²) in [5.74, 6) is 0. The zero-order chi connectivity index (χ0) is 10.8. The number of aliphatic hydroxyl groups excluding tert-OH is 1. The molecular formula is C11H16INOS. The summed E-state index contributed by atoms with van der Waals surface area (Å²) in [4.78, 5) is 1.54. The van der Waals surface area contributed by atoms with Crippen molar-refractivity contribution in [2.24, 2.45) is 0 Å². The number of aliphatic hydroxyl groups is 1. The quantitative estimate of drug-likeness (QED) is 0.832. The molecule has 1 heterocycles. The maximum Gasteiger partial charge on any atom is 0.0659 e. The monoisotopic (exact) mass is 337 g/mol. The van der Waals surface area contributed by atoms with Crippen molar-refractivity contribution in [1.82, 2.24) is 5.32 Å². The average Bonchev–Trinajstić information content (AvgIpc) is 2.55. The molecule has 4 heteroatoms. The molecule has 0 radical (unpaired) electrons. The van der Waals surface area contributed by atoms with E-state index >= 15 is 0 Å². The topological polar surface area (TPSA) is 32.3 Å². The highest BCUT2D eigenvalue weighted by Gasteiger charge is 2.22. The van der Waals surface area contributed by atoms with Crippen LogP contribution in [0.1, 0.15) is 36.2 Å². The van der Waals surface area contributed by atoms with Crippen LogP contribution in [-0.2, 0) is 6.42 Å². The molecule has 0 spiro atoms. The Morgan fingerprint density at radius 3 is 3.27 bits per heavy atom. The van der Waals surface area contributed by atoms with Crippen LogP contribution in [0.15, 0.2) is 6.07 Å². The van der Waals surface area contributed by atoms with Crippen molar-refractivity contribution in [1.29, 1.82) is 0 Å². The third kappa shape index (κ3) is 2.93. The van der Waals surface area contributed by atoms with E-state index < -0.39 is 0 Å². The number of hydrogen-bond acceptors (Lipinski definition) is 3. The zero-order valence-corrected chi connectivity index (χ0v) is 11.8. The summed E-state index contributed by atoms with van der Waals surface area (Å²) in [7, 11) is 0. The van der Waals surface area contributed by atoms with Crippen molar-refractivity contribution in [3.8, 4) is 0 Å². The number of thiophene rings is 1. The van der Waals surface area contributed by atoms with Gasteiger partial charge in [-0.1, -0.05) is 0 Å².